The van der Waals surface area contributed by atoms with Crippen LogP contribution in [0.1, 0.15) is 39.0 Å². The van der Waals surface area contributed by atoms with Gasteiger partial charge in [0, 0.05) is 25.6 Å². The van der Waals surface area contributed by atoms with Gasteiger partial charge in [-0.2, -0.15) is 0 Å². The Balaban J connectivity index is 2.10. The molecule has 0 aromatic rings. The average molecular weight is 241 g/mol. The lowest BCUT2D eigenvalue weighted by molar-refractivity contribution is -0.142. The van der Waals surface area contributed by atoms with Gasteiger partial charge in [-0.3, -0.25) is 9.69 Å². The van der Waals surface area contributed by atoms with Crippen LogP contribution in [0.4, 0.5) is 0 Å². The average Bonchev–Trinajstić information content (AvgIpc) is 2.67. The van der Waals surface area contributed by atoms with Gasteiger partial charge in [0.05, 0.1) is 0 Å². The van der Waals surface area contributed by atoms with Crippen molar-refractivity contribution in [1.82, 2.24) is 4.90 Å². The van der Waals surface area contributed by atoms with E-state index in [9.17, 15) is 9.90 Å². The molecule has 2 atom stereocenters. The Kier molecular flexibility index (Phi) is 3.73. The van der Waals surface area contributed by atoms with E-state index >= 15 is 0 Å². The molecular formula is C13H23NO3. The molecule has 2 N–H and O–H groups in total. The fourth-order valence-electron chi connectivity index (χ4n) is 3.60. The Bertz CT molecular complexity index is 286. The minimum absolute atomic E-state index is 0.191. The highest BCUT2D eigenvalue weighted by Crippen LogP contribution is 2.47. The highest BCUT2D eigenvalue weighted by atomic mass is 16.4. The smallest absolute Gasteiger partial charge is 0.320 e. The third kappa shape index (κ3) is 2.33. The van der Waals surface area contributed by atoms with E-state index in [1.165, 1.54) is 19.3 Å². The second kappa shape index (κ2) is 4.94. The minimum atomic E-state index is -0.755. The van der Waals surface area contributed by atoms with E-state index in [-0.39, 0.29) is 17.9 Å². The molecule has 1 saturated heterocycles. The Morgan fingerprint density at radius 1 is 1.41 bits per heavy atom. The summed E-state index contributed by atoms with van der Waals surface area (Å²) in [5.74, 6) is -0.487. The predicted octanol–water partition coefficient (Wildman–Crippen LogP) is 1.33. The summed E-state index contributed by atoms with van der Waals surface area (Å²) in [6.45, 7) is 3.54. The first-order chi connectivity index (χ1) is 8.09. The minimum Gasteiger partial charge on any atom is -0.480 e. The Hall–Kier alpha value is -0.610. The van der Waals surface area contributed by atoms with Crippen LogP contribution in [0.25, 0.3) is 0 Å². The highest BCUT2D eigenvalue weighted by molar-refractivity contribution is 5.72. The summed E-state index contributed by atoms with van der Waals surface area (Å²) in [5.41, 5.74) is 0.191. The molecule has 0 radical (unpaired) electrons. The van der Waals surface area contributed by atoms with Crippen LogP contribution in [-0.2, 0) is 4.79 Å². The largest absolute Gasteiger partial charge is 0.480 e. The number of aliphatic hydroxyl groups is 1. The van der Waals surface area contributed by atoms with Crippen LogP contribution in [0.15, 0.2) is 0 Å². The van der Waals surface area contributed by atoms with Crippen LogP contribution >= 0.6 is 0 Å². The Labute approximate surface area is 103 Å². The summed E-state index contributed by atoms with van der Waals surface area (Å²) in [5, 5.41) is 18.6. The van der Waals surface area contributed by atoms with Crippen LogP contribution < -0.4 is 0 Å². The maximum absolute atomic E-state index is 11.0. The lowest BCUT2D eigenvalue weighted by Crippen LogP contribution is -2.39. The molecule has 1 aliphatic heterocycles. The molecule has 17 heavy (non-hydrogen) atoms. The van der Waals surface area contributed by atoms with Crippen molar-refractivity contribution in [3.8, 4) is 0 Å². The molecule has 1 saturated carbocycles. The van der Waals surface area contributed by atoms with Gasteiger partial charge in [0.1, 0.15) is 6.04 Å². The molecule has 0 amide bonds. The number of carbonyl (C=O) groups is 1. The van der Waals surface area contributed by atoms with E-state index in [1.54, 1.807) is 6.92 Å². The fourth-order valence-corrected chi connectivity index (χ4v) is 3.60. The number of hydrogen-bond acceptors (Lipinski definition) is 3. The van der Waals surface area contributed by atoms with Gasteiger partial charge < -0.3 is 10.2 Å². The predicted molar refractivity (Wildman–Crippen MR) is 64.8 cm³/mol. The lowest BCUT2D eigenvalue weighted by atomic mass is 9.68. The van der Waals surface area contributed by atoms with Gasteiger partial charge in [-0.25, -0.2) is 0 Å². The zero-order valence-electron chi connectivity index (χ0n) is 10.6. The summed E-state index contributed by atoms with van der Waals surface area (Å²) in [7, 11) is 0. The van der Waals surface area contributed by atoms with Crippen molar-refractivity contribution >= 4 is 5.97 Å². The summed E-state index contributed by atoms with van der Waals surface area (Å²) < 4.78 is 0. The number of carboxylic acid groups (broad SMARTS) is 1. The number of aliphatic carboxylic acids is 1. The van der Waals surface area contributed by atoms with Crippen LogP contribution in [0.3, 0.4) is 0 Å². The fraction of sp³-hybridized carbons (Fsp3) is 0.923. The van der Waals surface area contributed by atoms with Crippen LogP contribution in [0.2, 0.25) is 0 Å². The first-order valence-corrected chi connectivity index (χ1v) is 6.67. The molecule has 0 bridgehead atoms. The zero-order valence-corrected chi connectivity index (χ0v) is 10.6. The van der Waals surface area contributed by atoms with Gasteiger partial charge in [0.25, 0.3) is 0 Å². The van der Waals surface area contributed by atoms with E-state index < -0.39 is 12.0 Å². The van der Waals surface area contributed by atoms with E-state index in [0.717, 1.165) is 25.9 Å². The second-order valence-electron chi connectivity index (χ2n) is 5.75. The van der Waals surface area contributed by atoms with Crippen molar-refractivity contribution in [2.75, 3.05) is 19.7 Å². The van der Waals surface area contributed by atoms with Gasteiger partial charge in [-0.05, 0) is 25.2 Å². The Morgan fingerprint density at radius 2 is 2.06 bits per heavy atom. The zero-order chi connectivity index (χ0) is 12.5. The van der Waals surface area contributed by atoms with Crippen molar-refractivity contribution in [3.05, 3.63) is 0 Å². The second-order valence-corrected chi connectivity index (χ2v) is 5.75. The van der Waals surface area contributed by atoms with Crippen LogP contribution in [-0.4, -0.2) is 46.8 Å². The van der Waals surface area contributed by atoms with Crippen molar-refractivity contribution < 1.29 is 15.0 Å². The third-order valence-electron chi connectivity index (χ3n) is 4.81. The van der Waals surface area contributed by atoms with Crippen LogP contribution in [0, 0.1) is 11.3 Å². The van der Waals surface area contributed by atoms with E-state index in [2.05, 4.69) is 0 Å². The first-order valence-electron chi connectivity index (χ1n) is 6.67. The summed E-state index contributed by atoms with van der Waals surface area (Å²) in [4.78, 5) is 13.1. The van der Waals surface area contributed by atoms with Gasteiger partial charge >= 0.3 is 5.97 Å². The van der Waals surface area contributed by atoms with Crippen molar-refractivity contribution in [3.63, 3.8) is 0 Å². The number of carboxylic acids is 1. The van der Waals surface area contributed by atoms with E-state index in [1.807, 2.05) is 4.90 Å². The molecule has 1 aliphatic carbocycles. The molecule has 1 spiro atoms. The van der Waals surface area contributed by atoms with Gasteiger partial charge in [-0.1, -0.05) is 19.3 Å². The van der Waals surface area contributed by atoms with Crippen LogP contribution in [0.5, 0.6) is 0 Å². The molecule has 98 valence electrons. The molecule has 2 aliphatic rings. The molecule has 0 aromatic heterocycles. The van der Waals surface area contributed by atoms with E-state index in [4.69, 9.17) is 5.11 Å². The molecule has 2 rings (SSSR count). The summed E-state index contributed by atoms with van der Waals surface area (Å²) in [6, 6.07) is -0.426. The summed E-state index contributed by atoms with van der Waals surface area (Å²) in [6.07, 6.45) is 6.05. The number of aliphatic hydroxyl groups excluding tert-OH is 1. The molecular weight excluding hydrogens is 218 g/mol. The first kappa shape index (κ1) is 12.8. The van der Waals surface area contributed by atoms with Crippen molar-refractivity contribution in [2.45, 2.75) is 45.1 Å². The van der Waals surface area contributed by atoms with Gasteiger partial charge in [0.15, 0.2) is 0 Å². The van der Waals surface area contributed by atoms with Crippen molar-refractivity contribution in [2.24, 2.45) is 11.3 Å². The van der Waals surface area contributed by atoms with Gasteiger partial charge in [0.2, 0.25) is 0 Å². The number of hydrogen-bond donors (Lipinski definition) is 2. The maximum atomic E-state index is 11.0. The molecule has 0 aromatic carbocycles. The SMILES string of the molecule is CC(C(=O)O)N1CC(CO)C2(CCCCC2)C1. The standard InChI is InChI=1S/C13H23NO3/c1-10(12(16)17)14-7-11(8-15)13(9-14)5-3-2-4-6-13/h10-11,15H,2-9H2,1H3,(H,16,17). The number of likely N-dealkylation sites (tertiary alicyclic amines) is 1. The summed E-state index contributed by atoms with van der Waals surface area (Å²) >= 11 is 0. The van der Waals surface area contributed by atoms with Crippen molar-refractivity contribution in [1.29, 1.82) is 0 Å². The topological polar surface area (TPSA) is 60.8 Å². The monoisotopic (exact) mass is 241 g/mol. The maximum Gasteiger partial charge on any atom is 0.320 e. The Morgan fingerprint density at radius 3 is 2.59 bits per heavy atom. The number of nitrogens with zero attached hydrogens (tertiary/aromatic N) is 1. The number of rotatable bonds is 3. The quantitative estimate of drug-likeness (QED) is 0.782. The normalized spacial score (nSPS) is 30.6. The van der Waals surface area contributed by atoms with E-state index in [0.29, 0.717) is 0 Å². The molecule has 4 nitrogen and oxygen atoms in total. The van der Waals surface area contributed by atoms with Gasteiger partial charge in [-0.15, -0.1) is 0 Å². The molecule has 2 fully saturated rings. The lowest BCUT2D eigenvalue weighted by Gasteiger charge is -2.37. The highest BCUT2D eigenvalue weighted by Gasteiger charge is 2.48. The third-order valence-corrected chi connectivity index (χ3v) is 4.81. The molecule has 2 unspecified atom stereocenters. The molecule has 4 heteroatoms. The molecule has 1 heterocycles.